The molecule has 0 aromatic carbocycles. The Morgan fingerprint density at radius 2 is 1.81 bits per heavy atom. The molecule has 0 amide bonds. The highest BCUT2D eigenvalue weighted by Crippen LogP contribution is 1.93. The molecular formula is C10H10O6. The second-order valence-corrected chi connectivity index (χ2v) is 2.75. The second-order valence-electron chi connectivity index (χ2n) is 2.75. The summed E-state index contributed by atoms with van der Waals surface area (Å²) in [5, 5.41) is 8.26. The summed E-state index contributed by atoms with van der Waals surface area (Å²) in [5.74, 6) is 0.729. The molecule has 0 heterocycles. The van der Waals surface area contributed by atoms with Gasteiger partial charge in [-0.3, -0.25) is 14.4 Å². The lowest BCUT2D eigenvalue weighted by Gasteiger charge is -1.97. The van der Waals surface area contributed by atoms with Gasteiger partial charge in [0.05, 0.1) is 6.42 Å². The molecule has 0 atom stereocenters. The molecule has 16 heavy (non-hydrogen) atoms. The predicted molar refractivity (Wildman–Crippen MR) is 51.3 cm³/mol. The van der Waals surface area contributed by atoms with E-state index in [1.54, 1.807) is 0 Å². The van der Waals surface area contributed by atoms with E-state index < -0.39 is 30.6 Å². The number of rotatable bonds is 5. The van der Waals surface area contributed by atoms with Crippen molar-refractivity contribution in [2.45, 2.75) is 19.8 Å². The number of hydrogen-bond donors (Lipinski definition) is 1. The summed E-state index contributed by atoms with van der Waals surface area (Å²) in [7, 11) is 0. The molecule has 0 aliphatic carbocycles. The van der Waals surface area contributed by atoms with E-state index in [-0.39, 0.29) is 12.4 Å². The molecule has 0 spiro atoms. The fraction of sp³-hybridized carbons (Fsp3) is 0.400. The zero-order valence-electron chi connectivity index (χ0n) is 8.61. The number of carbonyl (C=O) groups is 4. The van der Waals surface area contributed by atoms with Crippen LogP contribution in [-0.4, -0.2) is 35.2 Å². The first kappa shape index (κ1) is 13.8. The van der Waals surface area contributed by atoms with Gasteiger partial charge in [-0.25, -0.2) is 4.79 Å². The minimum Gasteiger partial charge on any atom is -0.481 e. The Kier molecular flexibility index (Phi) is 6.21. The molecule has 0 aromatic heterocycles. The first-order valence-corrected chi connectivity index (χ1v) is 4.34. The number of ether oxygens (including phenoxy) is 1. The van der Waals surface area contributed by atoms with Crippen LogP contribution in [0.5, 0.6) is 0 Å². The van der Waals surface area contributed by atoms with E-state index >= 15 is 0 Å². The van der Waals surface area contributed by atoms with Crippen LogP contribution in [-0.2, 0) is 23.9 Å². The number of Topliss-reactive ketones (excluding diaryl/α,β-unsaturated/α-hetero) is 2. The number of hydrogen-bond acceptors (Lipinski definition) is 5. The predicted octanol–water partition coefficient (Wildman–Crippen LogP) is -0.444. The van der Waals surface area contributed by atoms with E-state index in [9.17, 15) is 19.2 Å². The van der Waals surface area contributed by atoms with Gasteiger partial charge in [-0.05, 0) is 5.92 Å². The van der Waals surface area contributed by atoms with Gasteiger partial charge in [0.15, 0.2) is 6.61 Å². The van der Waals surface area contributed by atoms with Crippen molar-refractivity contribution in [1.82, 2.24) is 0 Å². The van der Waals surface area contributed by atoms with Crippen LogP contribution in [0, 0.1) is 11.8 Å². The van der Waals surface area contributed by atoms with Gasteiger partial charge in [-0.2, -0.15) is 0 Å². The minimum atomic E-state index is -1.17. The van der Waals surface area contributed by atoms with Crippen molar-refractivity contribution in [2.75, 3.05) is 6.61 Å². The highest BCUT2D eigenvalue weighted by Gasteiger charge is 2.15. The first-order valence-electron chi connectivity index (χ1n) is 4.34. The summed E-state index contributed by atoms with van der Waals surface area (Å²) >= 11 is 0. The highest BCUT2D eigenvalue weighted by atomic mass is 16.5. The van der Waals surface area contributed by atoms with Crippen molar-refractivity contribution in [3.63, 3.8) is 0 Å². The number of aliphatic carboxylic acids is 1. The molecule has 0 rings (SSSR count). The van der Waals surface area contributed by atoms with E-state index in [4.69, 9.17) is 5.11 Å². The van der Waals surface area contributed by atoms with Crippen molar-refractivity contribution in [3.05, 3.63) is 0 Å². The molecule has 1 N–H and O–H groups in total. The molecule has 0 aliphatic rings. The summed E-state index contributed by atoms with van der Waals surface area (Å²) in [5.41, 5.74) is 0. The summed E-state index contributed by atoms with van der Waals surface area (Å²) in [6, 6.07) is 0. The fourth-order valence-corrected chi connectivity index (χ4v) is 0.665. The van der Waals surface area contributed by atoms with Gasteiger partial charge < -0.3 is 9.84 Å². The summed E-state index contributed by atoms with van der Waals surface area (Å²) in [4.78, 5) is 42.3. The number of ketones is 2. The average Bonchev–Trinajstić information content (AvgIpc) is 2.20. The van der Waals surface area contributed by atoms with Crippen LogP contribution in [0.25, 0.3) is 0 Å². The minimum absolute atomic E-state index is 0.364. The van der Waals surface area contributed by atoms with Crippen LogP contribution in [0.3, 0.4) is 0 Å². The first-order chi connectivity index (χ1) is 7.43. The van der Waals surface area contributed by atoms with Crippen molar-refractivity contribution in [2.24, 2.45) is 0 Å². The maximum absolute atomic E-state index is 10.9. The number of esters is 1. The van der Waals surface area contributed by atoms with Crippen molar-refractivity contribution >= 4 is 23.5 Å². The Balaban J connectivity index is 3.90. The number of carboxylic acids is 1. The van der Waals surface area contributed by atoms with E-state index in [0.717, 1.165) is 0 Å². The highest BCUT2D eigenvalue weighted by molar-refractivity contribution is 6.33. The number of carboxylic acid groups (broad SMARTS) is 1. The zero-order valence-corrected chi connectivity index (χ0v) is 8.61. The van der Waals surface area contributed by atoms with Gasteiger partial charge in [0.2, 0.25) is 11.6 Å². The third-order valence-corrected chi connectivity index (χ3v) is 1.33. The lowest BCUT2D eigenvalue weighted by molar-refractivity contribution is -0.153. The van der Waals surface area contributed by atoms with Gasteiger partial charge >= 0.3 is 11.9 Å². The molecule has 0 saturated heterocycles. The Morgan fingerprint density at radius 1 is 1.19 bits per heavy atom. The van der Waals surface area contributed by atoms with E-state index in [0.29, 0.717) is 0 Å². The van der Waals surface area contributed by atoms with Gasteiger partial charge in [0.25, 0.3) is 0 Å². The Hall–Kier alpha value is -2.16. The Morgan fingerprint density at radius 3 is 2.31 bits per heavy atom. The molecule has 0 radical (unpaired) electrons. The lowest BCUT2D eigenvalue weighted by atomic mass is 10.2. The quantitative estimate of drug-likeness (QED) is 0.295. The summed E-state index contributed by atoms with van der Waals surface area (Å²) in [6.45, 7) is 0.879. The molecule has 0 bridgehead atoms. The van der Waals surface area contributed by atoms with Crippen LogP contribution in [0.1, 0.15) is 19.8 Å². The summed E-state index contributed by atoms with van der Waals surface area (Å²) in [6.07, 6.45) is -0.832. The van der Waals surface area contributed by atoms with Crippen LogP contribution in [0.15, 0.2) is 0 Å². The largest absolute Gasteiger partial charge is 0.481 e. The normalized spacial score (nSPS) is 8.56. The van der Waals surface area contributed by atoms with E-state index in [1.807, 2.05) is 0 Å². The molecule has 6 heteroatoms. The lowest BCUT2D eigenvalue weighted by Crippen LogP contribution is -2.18. The molecule has 86 valence electrons. The molecule has 0 aromatic rings. The van der Waals surface area contributed by atoms with Crippen molar-refractivity contribution in [3.8, 4) is 11.8 Å². The Bertz CT molecular complexity index is 371. The van der Waals surface area contributed by atoms with Gasteiger partial charge in [-0.15, -0.1) is 0 Å². The third kappa shape index (κ3) is 7.26. The van der Waals surface area contributed by atoms with Crippen molar-refractivity contribution < 1.29 is 29.0 Å². The zero-order chi connectivity index (χ0) is 12.6. The maximum atomic E-state index is 10.9. The second kappa shape index (κ2) is 7.17. The van der Waals surface area contributed by atoms with Crippen molar-refractivity contribution in [1.29, 1.82) is 0 Å². The molecule has 0 fully saturated rings. The molecule has 0 aliphatic heterocycles. The monoisotopic (exact) mass is 226 g/mol. The Labute approximate surface area is 91.6 Å². The topological polar surface area (TPSA) is 97.7 Å². The van der Waals surface area contributed by atoms with E-state index in [2.05, 4.69) is 16.6 Å². The third-order valence-electron chi connectivity index (χ3n) is 1.33. The van der Waals surface area contributed by atoms with Crippen LogP contribution >= 0.6 is 0 Å². The van der Waals surface area contributed by atoms with Gasteiger partial charge in [-0.1, -0.05) is 5.92 Å². The van der Waals surface area contributed by atoms with E-state index in [1.165, 1.54) is 6.92 Å². The summed E-state index contributed by atoms with van der Waals surface area (Å²) < 4.78 is 4.38. The maximum Gasteiger partial charge on any atom is 0.375 e. The fourth-order valence-electron chi connectivity index (χ4n) is 0.665. The molecular weight excluding hydrogens is 216 g/mol. The molecule has 0 saturated carbocycles. The molecule has 6 nitrogen and oxygen atoms in total. The van der Waals surface area contributed by atoms with Gasteiger partial charge in [0, 0.05) is 13.3 Å². The van der Waals surface area contributed by atoms with Gasteiger partial charge in [0.1, 0.15) is 0 Å². The SMILES string of the molecule is CC(=O)C#CCOC(=O)C(=O)CCC(=O)O. The van der Waals surface area contributed by atoms with Crippen LogP contribution in [0.4, 0.5) is 0 Å². The van der Waals surface area contributed by atoms with Crippen LogP contribution < -0.4 is 0 Å². The van der Waals surface area contributed by atoms with Crippen LogP contribution in [0.2, 0.25) is 0 Å². The number of carbonyl (C=O) groups excluding carboxylic acids is 3. The standard InChI is InChI=1S/C10H10O6/c1-7(11)3-2-6-16-10(15)8(12)4-5-9(13)14/h4-6H2,1H3,(H,13,14). The smallest absolute Gasteiger partial charge is 0.375 e. The average molecular weight is 226 g/mol. The molecule has 0 unspecified atom stereocenters.